The monoisotopic (exact) mass is 162 g/mol. The molecule has 0 spiro atoms. The Morgan fingerprint density at radius 3 is 2.58 bits per heavy atom. The number of hydrogen-bond acceptors (Lipinski definition) is 2. The molecule has 1 aromatic rings. The van der Waals surface area contributed by atoms with Gasteiger partial charge in [-0.3, -0.25) is 0 Å². The highest BCUT2D eigenvalue weighted by Gasteiger charge is 1.89. The Labute approximate surface area is 73.3 Å². The quantitative estimate of drug-likeness (QED) is 0.480. The van der Waals surface area contributed by atoms with Gasteiger partial charge in [0.1, 0.15) is 0 Å². The molecule has 2 heteroatoms. The van der Waals surface area contributed by atoms with E-state index in [0.717, 1.165) is 19.4 Å². The molecule has 0 unspecified atom stereocenters. The van der Waals surface area contributed by atoms with Gasteiger partial charge < -0.3 is 0 Å². The maximum absolute atomic E-state index is 3.91. The summed E-state index contributed by atoms with van der Waals surface area (Å²) in [6.07, 6.45) is 2.18. The minimum atomic E-state index is 0.839. The summed E-state index contributed by atoms with van der Waals surface area (Å²) in [4.78, 5) is 0. The highest BCUT2D eigenvalue weighted by Crippen LogP contribution is 2.01. The first-order valence-electron chi connectivity index (χ1n) is 4.23. The maximum atomic E-state index is 3.91. The molecular formula is C10H14N2. The molecule has 0 aromatic heterocycles. The molecule has 0 radical (unpaired) electrons. The first kappa shape index (κ1) is 8.91. The lowest BCUT2D eigenvalue weighted by Gasteiger charge is -1.96. The van der Waals surface area contributed by atoms with Gasteiger partial charge in [0.05, 0.1) is 6.54 Å². The maximum Gasteiger partial charge on any atom is 0.0601 e. The second kappa shape index (κ2) is 5.47. The zero-order valence-electron chi connectivity index (χ0n) is 7.40. The second-order valence-electron chi connectivity index (χ2n) is 2.65. The van der Waals surface area contributed by atoms with E-state index < -0.39 is 0 Å². The van der Waals surface area contributed by atoms with E-state index in [1.807, 2.05) is 6.07 Å². The molecule has 0 atom stereocenters. The molecule has 0 aliphatic heterocycles. The van der Waals surface area contributed by atoms with Crippen molar-refractivity contribution in [2.24, 2.45) is 10.2 Å². The topological polar surface area (TPSA) is 24.7 Å². The molecule has 2 nitrogen and oxygen atoms in total. The normalized spacial score (nSPS) is 10.8. The molecule has 12 heavy (non-hydrogen) atoms. The van der Waals surface area contributed by atoms with Crippen molar-refractivity contribution in [1.82, 2.24) is 0 Å². The third-order valence-corrected chi connectivity index (χ3v) is 1.71. The average molecular weight is 162 g/mol. The Kier molecular flexibility index (Phi) is 4.06. The summed E-state index contributed by atoms with van der Waals surface area (Å²) in [6.45, 7) is 0.839. The lowest BCUT2D eigenvalue weighted by molar-refractivity contribution is 0.794. The largest absolute Gasteiger partial charge is 0.198 e. The van der Waals surface area contributed by atoms with Gasteiger partial charge in [-0.1, -0.05) is 30.3 Å². The van der Waals surface area contributed by atoms with Crippen molar-refractivity contribution in [3.63, 3.8) is 0 Å². The number of azo groups is 1. The van der Waals surface area contributed by atoms with Gasteiger partial charge in [-0.05, 0) is 18.4 Å². The van der Waals surface area contributed by atoms with E-state index in [-0.39, 0.29) is 0 Å². The molecule has 0 aliphatic carbocycles. The van der Waals surface area contributed by atoms with E-state index in [4.69, 9.17) is 0 Å². The van der Waals surface area contributed by atoms with Gasteiger partial charge in [0.15, 0.2) is 0 Å². The fraction of sp³-hybridized carbons (Fsp3) is 0.400. The van der Waals surface area contributed by atoms with Crippen LogP contribution in [-0.4, -0.2) is 13.6 Å². The van der Waals surface area contributed by atoms with Gasteiger partial charge >= 0.3 is 0 Å². The molecule has 0 bridgehead atoms. The third-order valence-electron chi connectivity index (χ3n) is 1.71. The van der Waals surface area contributed by atoms with Crippen LogP contribution in [0.25, 0.3) is 0 Å². The molecular weight excluding hydrogens is 148 g/mol. The van der Waals surface area contributed by atoms with Gasteiger partial charge in [-0.15, -0.1) is 0 Å². The molecule has 0 saturated heterocycles. The van der Waals surface area contributed by atoms with Crippen molar-refractivity contribution in [1.29, 1.82) is 0 Å². The summed E-state index contributed by atoms with van der Waals surface area (Å²) >= 11 is 0. The van der Waals surface area contributed by atoms with Crippen LogP contribution in [0.3, 0.4) is 0 Å². The van der Waals surface area contributed by atoms with E-state index in [9.17, 15) is 0 Å². The highest BCUT2D eigenvalue weighted by molar-refractivity contribution is 5.14. The van der Waals surface area contributed by atoms with Gasteiger partial charge in [0, 0.05) is 7.05 Å². The van der Waals surface area contributed by atoms with Gasteiger partial charge in [0.25, 0.3) is 0 Å². The fourth-order valence-electron chi connectivity index (χ4n) is 1.10. The molecule has 0 N–H and O–H groups in total. The Morgan fingerprint density at radius 2 is 1.92 bits per heavy atom. The minimum absolute atomic E-state index is 0.839. The third kappa shape index (κ3) is 3.28. The first-order chi connectivity index (χ1) is 5.93. The standard InChI is InChI=1S/C10H14N2/c1-11-12-9-5-8-10-6-3-2-4-7-10/h2-4,6-7H,5,8-9H2,1H3. The van der Waals surface area contributed by atoms with Crippen molar-refractivity contribution in [2.45, 2.75) is 12.8 Å². The average Bonchev–Trinajstić information content (AvgIpc) is 2.14. The summed E-state index contributed by atoms with van der Waals surface area (Å²) in [6, 6.07) is 10.5. The number of aryl methyl sites for hydroxylation is 1. The second-order valence-corrected chi connectivity index (χ2v) is 2.65. The smallest absolute Gasteiger partial charge is 0.0601 e. The van der Waals surface area contributed by atoms with Gasteiger partial charge in [-0.25, -0.2) is 0 Å². The van der Waals surface area contributed by atoms with Crippen LogP contribution in [0.4, 0.5) is 0 Å². The molecule has 64 valence electrons. The van der Waals surface area contributed by atoms with E-state index in [1.165, 1.54) is 5.56 Å². The van der Waals surface area contributed by atoms with Crippen molar-refractivity contribution in [3.05, 3.63) is 35.9 Å². The van der Waals surface area contributed by atoms with Crippen LogP contribution in [0.1, 0.15) is 12.0 Å². The number of rotatable bonds is 4. The number of benzene rings is 1. The predicted octanol–water partition coefficient (Wildman–Crippen LogP) is 2.70. The minimum Gasteiger partial charge on any atom is -0.198 e. The SMILES string of the molecule is CN=NCCCc1ccccc1. The molecule has 0 saturated carbocycles. The van der Waals surface area contributed by atoms with Crippen LogP contribution in [0.5, 0.6) is 0 Å². The van der Waals surface area contributed by atoms with Crippen LogP contribution in [0, 0.1) is 0 Å². The fourth-order valence-corrected chi connectivity index (χ4v) is 1.10. The lowest BCUT2D eigenvalue weighted by Crippen LogP contribution is -1.86. The molecule has 1 rings (SSSR count). The Bertz CT molecular complexity index is 229. The molecule has 0 aliphatic rings. The van der Waals surface area contributed by atoms with Crippen LogP contribution in [0.2, 0.25) is 0 Å². The predicted molar refractivity (Wildman–Crippen MR) is 50.4 cm³/mol. The van der Waals surface area contributed by atoms with E-state index in [0.29, 0.717) is 0 Å². The van der Waals surface area contributed by atoms with Crippen LogP contribution in [0.15, 0.2) is 40.6 Å². The molecule has 0 amide bonds. The molecule has 0 heterocycles. The van der Waals surface area contributed by atoms with E-state index in [2.05, 4.69) is 34.5 Å². The summed E-state index contributed by atoms with van der Waals surface area (Å²) in [5, 5.41) is 7.60. The summed E-state index contributed by atoms with van der Waals surface area (Å²) in [5.74, 6) is 0. The lowest BCUT2D eigenvalue weighted by atomic mass is 10.1. The van der Waals surface area contributed by atoms with Crippen molar-refractivity contribution >= 4 is 0 Å². The van der Waals surface area contributed by atoms with E-state index in [1.54, 1.807) is 7.05 Å². The zero-order chi connectivity index (χ0) is 8.65. The number of nitrogens with zero attached hydrogens (tertiary/aromatic N) is 2. The van der Waals surface area contributed by atoms with Gasteiger partial charge in [-0.2, -0.15) is 10.2 Å². The Hall–Kier alpha value is -1.18. The van der Waals surface area contributed by atoms with Crippen LogP contribution < -0.4 is 0 Å². The van der Waals surface area contributed by atoms with Crippen LogP contribution in [-0.2, 0) is 6.42 Å². The van der Waals surface area contributed by atoms with Crippen LogP contribution >= 0.6 is 0 Å². The molecule has 0 fully saturated rings. The summed E-state index contributed by atoms with van der Waals surface area (Å²) < 4.78 is 0. The first-order valence-corrected chi connectivity index (χ1v) is 4.23. The zero-order valence-corrected chi connectivity index (χ0v) is 7.40. The van der Waals surface area contributed by atoms with Crippen molar-refractivity contribution in [3.8, 4) is 0 Å². The number of hydrogen-bond donors (Lipinski definition) is 0. The highest BCUT2D eigenvalue weighted by atomic mass is 15.1. The molecule has 1 aromatic carbocycles. The van der Waals surface area contributed by atoms with Crippen molar-refractivity contribution in [2.75, 3.05) is 13.6 Å². The Morgan fingerprint density at radius 1 is 1.17 bits per heavy atom. The van der Waals surface area contributed by atoms with E-state index >= 15 is 0 Å². The summed E-state index contributed by atoms with van der Waals surface area (Å²) in [7, 11) is 1.71. The summed E-state index contributed by atoms with van der Waals surface area (Å²) in [5.41, 5.74) is 1.38. The Balaban J connectivity index is 2.24. The van der Waals surface area contributed by atoms with Gasteiger partial charge in [0.2, 0.25) is 0 Å². The van der Waals surface area contributed by atoms with Crippen molar-refractivity contribution < 1.29 is 0 Å².